The summed E-state index contributed by atoms with van der Waals surface area (Å²) >= 11 is 0. The number of nitrogens with zero attached hydrogens (tertiary/aromatic N) is 2. The van der Waals surface area contributed by atoms with Crippen LogP contribution in [0, 0.1) is 0 Å². The van der Waals surface area contributed by atoms with E-state index in [1.165, 1.54) is 16.8 Å². The molecule has 1 aromatic heterocycles. The van der Waals surface area contributed by atoms with E-state index < -0.39 is 11.7 Å². The third-order valence-electron chi connectivity index (χ3n) is 4.86. The number of nitrogens with one attached hydrogen (secondary N) is 1. The zero-order chi connectivity index (χ0) is 18.9. The molecule has 140 valence electrons. The molecule has 3 aromatic rings. The Bertz CT molecular complexity index is 930. The van der Waals surface area contributed by atoms with Crippen molar-refractivity contribution in [3.05, 3.63) is 77.0 Å². The van der Waals surface area contributed by atoms with Gasteiger partial charge in [0.1, 0.15) is 5.82 Å². The summed E-state index contributed by atoms with van der Waals surface area (Å²) in [4.78, 5) is 0. The topological polar surface area (TPSA) is 29.9 Å². The lowest BCUT2D eigenvalue weighted by atomic mass is 10.0. The molecule has 1 N–H and O–H groups in total. The minimum absolute atomic E-state index is 0.0648. The summed E-state index contributed by atoms with van der Waals surface area (Å²) in [6, 6.07) is 15.5. The quantitative estimate of drug-likeness (QED) is 0.683. The van der Waals surface area contributed by atoms with Gasteiger partial charge in [0, 0.05) is 18.5 Å². The van der Waals surface area contributed by atoms with E-state index in [9.17, 15) is 13.2 Å². The van der Waals surface area contributed by atoms with Crippen molar-refractivity contribution >= 4 is 5.82 Å². The number of aromatic nitrogens is 2. The van der Waals surface area contributed by atoms with Crippen molar-refractivity contribution in [1.82, 2.24) is 9.78 Å². The molecule has 0 radical (unpaired) electrons. The van der Waals surface area contributed by atoms with E-state index in [0.717, 1.165) is 48.7 Å². The molecule has 4 rings (SSSR count). The van der Waals surface area contributed by atoms with Crippen LogP contribution in [0.4, 0.5) is 19.0 Å². The van der Waals surface area contributed by atoms with Gasteiger partial charge >= 0.3 is 6.18 Å². The third-order valence-corrected chi connectivity index (χ3v) is 4.86. The second-order valence-corrected chi connectivity index (χ2v) is 6.75. The zero-order valence-corrected chi connectivity index (χ0v) is 14.8. The standard InChI is InChI=1S/C21H20F3N3/c22-21(23,24)17-11-4-5-12-19(17)27-20-16(10-6-7-13-25-20)18(26-27)14-15-8-2-1-3-9-15/h1-5,8-9,11-12,25H,6-7,10,13-14H2. The van der Waals surface area contributed by atoms with Crippen LogP contribution >= 0.6 is 0 Å². The molecule has 0 bridgehead atoms. The summed E-state index contributed by atoms with van der Waals surface area (Å²) in [6.45, 7) is 0.734. The Hall–Kier alpha value is -2.76. The van der Waals surface area contributed by atoms with Crippen molar-refractivity contribution in [1.29, 1.82) is 0 Å². The molecule has 2 heterocycles. The second kappa shape index (κ2) is 7.10. The van der Waals surface area contributed by atoms with Crippen molar-refractivity contribution in [2.45, 2.75) is 31.9 Å². The van der Waals surface area contributed by atoms with Gasteiger partial charge in [-0.3, -0.25) is 0 Å². The Kier molecular flexibility index (Phi) is 4.64. The number of fused-ring (bicyclic) bond motifs is 1. The molecular weight excluding hydrogens is 351 g/mol. The van der Waals surface area contributed by atoms with Gasteiger partial charge in [-0.2, -0.15) is 18.3 Å². The Morgan fingerprint density at radius 3 is 2.48 bits per heavy atom. The lowest BCUT2D eigenvalue weighted by Crippen LogP contribution is -2.14. The highest BCUT2D eigenvalue weighted by Crippen LogP contribution is 2.36. The number of anilines is 1. The number of hydrogen-bond donors (Lipinski definition) is 1. The van der Waals surface area contributed by atoms with Crippen molar-refractivity contribution < 1.29 is 13.2 Å². The number of hydrogen-bond acceptors (Lipinski definition) is 2. The Labute approximate surface area is 155 Å². The van der Waals surface area contributed by atoms with E-state index in [1.807, 2.05) is 30.3 Å². The van der Waals surface area contributed by atoms with Gasteiger partial charge in [0.05, 0.1) is 16.9 Å². The van der Waals surface area contributed by atoms with Crippen molar-refractivity contribution in [2.24, 2.45) is 0 Å². The van der Waals surface area contributed by atoms with E-state index >= 15 is 0 Å². The summed E-state index contributed by atoms with van der Waals surface area (Å²) < 4.78 is 42.1. The Balaban J connectivity index is 1.85. The normalized spacial score (nSPS) is 14.3. The van der Waals surface area contributed by atoms with Gasteiger partial charge in [0.2, 0.25) is 0 Å². The van der Waals surface area contributed by atoms with E-state index in [1.54, 1.807) is 6.07 Å². The van der Waals surface area contributed by atoms with Crippen LogP contribution in [0.1, 0.15) is 35.2 Å². The molecule has 27 heavy (non-hydrogen) atoms. The van der Waals surface area contributed by atoms with Gasteiger partial charge in [-0.15, -0.1) is 0 Å². The molecular formula is C21H20F3N3. The van der Waals surface area contributed by atoms with Crippen LogP contribution < -0.4 is 5.32 Å². The summed E-state index contributed by atoms with van der Waals surface area (Å²) in [5, 5.41) is 7.94. The van der Waals surface area contributed by atoms with Gasteiger partial charge in [-0.25, -0.2) is 4.68 Å². The molecule has 0 fully saturated rings. The first-order chi connectivity index (χ1) is 13.0. The highest BCUT2D eigenvalue weighted by Gasteiger charge is 2.35. The summed E-state index contributed by atoms with van der Waals surface area (Å²) in [6.07, 6.45) is -1.03. The zero-order valence-electron chi connectivity index (χ0n) is 14.8. The predicted molar refractivity (Wildman–Crippen MR) is 99.2 cm³/mol. The second-order valence-electron chi connectivity index (χ2n) is 6.75. The predicted octanol–water partition coefficient (Wildman–Crippen LogP) is 5.23. The van der Waals surface area contributed by atoms with E-state index in [4.69, 9.17) is 0 Å². The Morgan fingerprint density at radius 2 is 1.70 bits per heavy atom. The first-order valence-corrected chi connectivity index (χ1v) is 9.09. The first kappa shape index (κ1) is 17.6. The molecule has 6 heteroatoms. The molecule has 0 unspecified atom stereocenters. The SMILES string of the molecule is FC(F)(F)c1ccccc1-n1nc(Cc2ccccc2)c2c1NCCCC2. The smallest absolute Gasteiger partial charge is 0.370 e. The van der Waals surface area contributed by atoms with Crippen LogP contribution in [0.2, 0.25) is 0 Å². The van der Waals surface area contributed by atoms with Gasteiger partial charge in [0.25, 0.3) is 0 Å². The van der Waals surface area contributed by atoms with Crippen LogP contribution in [0.15, 0.2) is 54.6 Å². The highest BCUT2D eigenvalue weighted by molar-refractivity contribution is 5.57. The summed E-state index contributed by atoms with van der Waals surface area (Å²) in [7, 11) is 0. The fraction of sp³-hybridized carbons (Fsp3) is 0.286. The fourth-order valence-corrected chi connectivity index (χ4v) is 3.58. The molecule has 0 aliphatic carbocycles. The molecule has 0 saturated heterocycles. The average molecular weight is 371 g/mol. The highest BCUT2D eigenvalue weighted by atomic mass is 19.4. The first-order valence-electron chi connectivity index (χ1n) is 9.09. The monoisotopic (exact) mass is 371 g/mol. The van der Waals surface area contributed by atoms with Gasteiger partial charge < -0.3 is 5.32 Å². The van der Waals surface area contributed by atoms with Gasteiger partial charge in [-0.05, 0) is 37.0 Å². The van der Waals surface area contributed by atoms with Gasteiger partial charge in [0.15, 0.2) is 0 Å². The lowest BCUT2D eigenvalue weighted by molar-refractivity contribution is -0.137. The molecule has 3 nitrogen and oxygen atoms in total. The average Bonchev–Trinajstić information content (AvgIpc) is 2.83. The number of rotatable bonds is 3. The maximum atomic E-state index is 13.5. The van der Waals surface area contributed by atoms with Crippen LogP contribution in [0.5, 0.6) is 0 Å². The lowest BCUT2D eigenvalue weighted by Gasteiger charge is -2.15. The van der Waals surface area contributed by atoms with Crippen LogP contribution in [0.25, 0.3) is 5.69 Å². The number of halogens is 3. The molecule has 0 spiro atoms. The van der Waals surface area contributed by atoms with E-state index in [2.05, 4.69) is 10.4 Å². The maximum Gasteiger partial charge on any atom is 0.418 e. The van der Waals surface area contributed by atoms with Gasteiger partial charge in [-0.1, -0.05) is 42.5 Å². The van der Waals surface area contributed by atoms with E-state index in [0.29, 0.717) is 12.2 Å². The van der Waals surface area contributed by atoms with Crippen molar-refractivity contribution in [3.8, 4) is 5.69 Å². The summed E-state index contributed by atoms with van der Waals surface area (Å²) in [5.74, 6) is 0.690. The summed E-state index contributed by atoms with van der Waals surface area (Å²) in [5.41, 5.74) is 2.34. The molecule has 0 atom stereocenters. The van der Waals surface area contributed by atoms with E-state index in [-0.39, 0.29) is 5.69 Å². The number of alkyl halides is 3. The van der Waals surface area contributed by atoms with Crippen molar-refractivity contribution in [3.63, 3.8) is 0 Å². The molecule has 1 aliphatic rings. The maximum absolute atomic E-state index is 13.5. The van der Waals surface area contributed by atoms with Crippen LogP contribution in [-0.2, 0) is 19.0 Å². The van der Waals surface area contributed by atoms with Crippen molar-refractivity contribution in [2.75, 3.05) is 11.9 Å². The minimum atomic E-state index is -4.43. The molecule has 1 aliphatic heterocycles. The number of para-hydroxylation sites is 1. The Morgan fingerprint density at radius 1 is 0.963 bits per heavy atom. The largest absolute Gasteiger partial charge is 0.418 e. The minimum Gasteiger partial charge on any atom is -0.370 e. The number of benzene rings is 2. The van der Waals surface area contributed by atoms with Crippen LogP contribution in [0.3, 0.4) is 0 Å². The molecule has 0 saturated carbocycles. The molecule has 2 aromatic carbocycles. The molecule has 0 amide bonds. The third kappa shape index (κ3) is 3.56. The van der Waals surface area contributed by atoms with Crippen LogP contribution in [-0.4, -0.2) is 16.3 Å². The fourth-order valence-electron chi connectivity index (χ4n) is 3.58.